The van der Waals surface area contributed by atoms with Gasteiger partial charge in [0.1, 0.15) is 17.3 Å². The fourth-order valence-electron chi connectivity index (χ4n) is 1.98. The molecule has 0 radical (unpaired) electrons. The first-order valence-electron chi connectivity index (χ1n) is 7.44. The summed E-state index contributed by atoms with van der Waals surface area (Å²) in [6.07, 6.45) is 4.24. The lowest BCUT2D eigenvalue weighted by Gasteiger charge is -2.09. The number of pyridine rings is 1. The van der Waals surface area contributed by atoms with E-state index in [1.54, 1.807) is 32.5 Å². The predicted molar refractivity (Wildman–Crippen MR) is 87.2 cm³/mol. The monoisotopic (exact) mass is 315 g/mol. The number of carbonyl (C=O) groups excluding carboxylic acids is 1. The zero-order valence-electron chi connectivity index (χ0n) is 13.4. The third kappa shape index (κ3) is 5.63. The molecule has 0 spiro atoms. The number of nitrogens with zero attached hydrogens (tertiary/aromatic N) is 3. The zero-order valence-corrected chi connectivity index (χ0v) is 13.4. The second kappa shape index (κ2) is 8.79. The van der Waals surface area contributed by atoms with Crippen molar-refractivity contribution in [1.29, 1.82) is 0 Å². The molecule has 122 valence electrons. The second-order valence-electron chi connectivity index (χ2n) is 5.00. The van der Waals surface area contributed by atoms with E-state index in [2.05, 4.69) is 25.6 Å². The minimum absolute atomic E-state index is 0.210. The molecule has 0 aromatic carbocycles. The van der Waals surface area contributed by atoms with Crippen LogP contribution in [0, 0.1) is 6.92 Å². The van der Waals surface area contributed by atoms with Crippen molar-refractivity contribution in [2.45, 2.75) is 19.9 Å². The Morgan fingerprint density at radius 3 is 2.78 bits per heavy atom. The molecule has 0 aliphatic rings. The first-order valence-corrected chi connectivity index (χ1v) is 7.44. The first kappa shape index (κ1) is 16.8. The van der Waals surface area contributed by atoms with Gasteiger partial charge in [0.05, 0.1) is 0 Å². The highest BCUT2D eigenvalue weighted by molar-refractivity contribution is 5.92. The van der Waals surface area contributed by atoms with Gasteiger partial charge in [0, 0.05) is 45.3 Å². The number of methoxy groups -OCH3 is 1. The SMILES string of the molecule is COCCCNC(=O)c1cc(NCc2ccncc2)nc(C)n1. The average Bonchev–Trinajstić information content (AvgIpc) is 2.57. The molecule has 2 heterocycles. The van der Waals surface area contributed by atoms with Crippen LogP contribution in [0.4, 0.5) is 5.82 Å². The molecule has 2 rings (SSSR count). The summed E-state index contributed by atoms with van der Waals surface area (Å²) in [6.45, 7) is 3.53. The van der Waals surface area contributed by atoms with Gasteiger partial charge in [0.15, 0.2) is 0 Å². The number of hydrogen-bond donors (Lipinski definition) is 2. The predicted octanol–water partition coefficient (Wildman–Crippen LogP) is 1.56. The van der Waals surface area contributed by atoms with E-state index in [9.17, 15) is 4.79 Å². The summed E-state index contributed by atoms with van der Waals surface area (Å²) >= 11 is 0. The number of rotatable bonds is 8. The van der Waals surface area contributed by atoms with E-state index in [4.69, 9.17) is 4.74 Å². The highest BCUT2D eigenvalue weighted by Crippen LogP contribution is 2.09. The molecule has 1 amide bonds. The van der Waals surface area contributed by atoms with E-state index < -0.39 is 0 Å². The third-order valence-electron chi connectivity index (χ3n) is 3.10. The van der Waals surface area contributed by atoms with Gasteiger partial charge < -0.3 is 15.4 Å². The maximum atomic E-state index is 12.1. The van der Waals surface area contributed by atoms with Crippen LogP contribution in [0.2, 0.25) is 0 Å². The summed E-state index contributed by atoms with van der Waals surface area (Å²) in [5.41, 5.74) is 1.44. The molecule has 23 heavy (non-hydrogen) atoms. The van der Waals surface area contributed by atoms with Gasteiger partial charge in [-0.3, -0.25) is 9.78 Å². The fraction of sp³-hybridized carbons (Fsp3) is 0.375. The Morgan fingerprint density at radius 2 is 2.04 bits per heavy atom. The molecule has 0 saturated carbocycles. The van der Waals surface area contributed by atoms with Gasteiger partial charge in [-0.2, -0.15) is 0 Å². The topological polar surface area (TPSA) is 89.0 Å². The smallest absolute Gasteiger partial charge is 0.270 e. The Morgan fingerprint density at radius 1 is 1.26 bits per heavy atom. The molecule has 0 aliphatic carbocycles. The molecule has 0 bridgehead atoms. The van der Waals surface area contributed by atoms with Crippen molar-refractivity contribution < 1.29 is 9.53 Å². The van der Waals surface area contributed by atoms with E-state index >= 15 is 0 Å². The second-order valence-corrected chi connectivity index (χ2v) is 5.00. The van der Waals surface area contributed by atoms with Crippen molar-refractivity contribution >= 4 is 11.7 Å². The van der Waals surface area contributed by atoms with Crippen molar-refractivity contribution in [3.05, 3.63) is 47.7 Å². The highest BCUT2D eigenvalue weighted by atomic mass is 16.5. The number of aryl methyl sites for hydroxylation is 1. The van der Waals surface area contributed by atoms with Crippen molar-refractivity contribution in [3.8, 4) is 0 Å². The molecule has 2 aromatic rings. The Kier molecular flexibility index (Phi) is 6.43. The van der Waals surface area contributed by atoms with Gasteiger partial charge in [-0.05, 0) is 31.0 Å². The van der Waals surface area contributed by atoms with Crippen LogP contribution in [0.15, 0.2) is 30.6 Å². The molecule has 2 aromatic heterocycles. The molecule has 7 heteroatoms. The number of anilines is 1. The van der Waals surface area contributed by atoms with Gasteiger partial charge in [-0.25, -0.2) is 9.97 Å². The molecule has 0 atom stereocenters. The summed E-state index contributed by atoms with van der Waals surface area (Å²) in [6, 6.07) is 5.49. The number of hydrogen-bond acceptors (Lipinski definition) is 6. The Bertz CT molecular complexity index is 634. The minimum Gasteiger partial charge on any atom is -0.385 e. The molecule has 0 saturated heterocycles. The summed E-state index contributed by atoms with van der Waals surface area (Å²) in [5, 5.41) is 6.01. The summed E-state index contributed by atoms with van der Waals surface area (Å²) in [5.74, 6) is 0.960. The lowest BCUT2D eigenvalue weighted by Crippen LogP contribution is -2.26. The fourth-order valence-corrected chi connectivity index (χ4v) is 1.98. The minimum atomic E-state index is -0.210. The van der Waals surface area contributed by atoms with Crippen LogP contribution < -0.4 is 10.6 Å². The van der Waals surface area contributed by atoms with Gasteiger partial charge in [-0.1, -0.05) is 0 Å². The Hall–Kier alpha value is -2.54. The quantitative estimate of drug-likeness (QED) is 0.719. The van der Waals surface area contributed by atoms with Crippen LogP contribution in [0.25, 0.3) is 0 Å². The van der Waals surface area contributed by atoms with Crippen LogP contribution in [-0.2, 0) is 11.3 Å². The van der Waals surface area contributed by atoms with Crippen LogP contribution in [0.1, 0.15) is 28.3 Å². The normalized spacial score (nSPS) is 10.3. The molecule has 0 unspecified atom stereocenters. The van der Waals surface area contributed by atoms with Crippen LogP contribution in [-0.4, -0.2) is 41.1 Å². The van der Waals surface area contributed by atoms with Gasteiger partial charge in [0.2, 0.25) is 0 Å². The zero-order chi connectivity index (χ0) is 16.5. The summed E-state index contributed by atoms with van der Waals surface area (Å²) in [7, 11) is 1.64. The van der Waals surface area contributed by atoms with E-state index in [0.29, 0.717) is 37.0 Å². The standard InChI is InChI=1S/C16H21N5O2/c1-12-20-14(16(22)18-6-3-9-23-2)10-15(21-12)19-11-13-4-7-17-8-5-13/h4-5,7-8,10H,3,6,9,11H2,1-2H3,(H,18,22)(H,19,20,21). The number of ether oxygens (including phenoxy) is 1. The number of amides is 1. The van der Waals surface area contributed by atoms with Crippen LogP contribution >= 0.6 is 0 Å². The third-order valence-corrected chi connectivity index (χ3v) is 3.10. The number of nitrogens with one attached hydrogen (secondary N) is 2. The largest absolute Gasteiger partial charge is 0.385 e. The lowest BCUT2D eigenvalue weighted by atomic mass is 10.2. The van der Waals surface area contributed by atoms with Crippen molar-refractivity contribution in [2.75, 3.05) is 25.6 Å². The van der Waals surface area contributed by atoms with Gasteiger partial charge in [-0.15, -0.1) is 0 Å². The van der Waals surface area contributed by atoms with E-state index in [-0.39, 0.29) is 5.91 Å². The molecule has 7 nitrogen and oxygen atoms in total. The number of aromatic nitrogens is 3. The first-order chi connectivity index (χ1) is 11.2. The van der Waals surface area contributed by atoms with Crippen molar-refractivity contribution in [3.63, 3.8) is 0 Å². The van der Waals surface area contributed by atoms with E-state index in [1.165, 1.54) is 0 Å². The summed E-state index contributed by atoms with van der Waals surface area (Å²) in [4.78, 5) is 24.6. The lowest BCUT2D eigenvalue weighted by molar-refractivity contribution is 0.0943. The van der Waals surface area contributed by atoms with Crippen molar-refractivity contribution in [2.24, 2.45) is 0 Å². The van der Waals surface area contributed by atoms with E-state index in [0.717, 1.165) is 12.0 Å². The van der Waals surface area contributed by atoms with E-state index in [1.807, 2.05) is 12.1 Å². The van der Waals surface area contributed by atoms with Crippen LogP contribution in [0.3, 0.4) is 0 Å². The van der Waals surface area contributed by atoms with Crippen LogP contribution in [0.5, 0.6) is 0 Å². The molecular formula is C16H21N5O2. The molecule has 2 N–H and O–H groups in total. The Labute approximate surface area is 135 Å². The maximum absolute atomic E-state index is 12.1. The Balaban J connectivity index is 1.96. The highest BCUT2D eigenvalue weighted by Gasteiger charge is 2.10. The van der Waals surface area contributed by atoms with Gasteiger partial charge >= 0.3 is 0 Å². The van der Waals surface area contributed by atoms with Crippen molar-refractivity contribution in [1.82, 2.24) is 20.3 Å². The number of carbonyl (C=O) groups is 1. The molecular weight excluding hydrogens is 294 g/mol. The molecule has 0 fully saturated rings. The average molecular weight is 315 g/mol. The maximum Gasteiger partial charge on any atom is 0.270 e. The summed E-state index contributed by atoms with van der Waals surface area (Å²) < 4.78 is 4.95. The molecule has 0 aliphatic heterocycles. The van der Waals surface area contributed by atoms with Gasteiger partial charge in [0.25, 0.3) is 5.91 Å².